The molecule has 132 valence electrons. The van der Waals surface area contributed by atoms with Gasteiger partial charge in [-0.1, -0.05) is 34.6 Å². The van der Waals surface area contributed by atoms with Crippen LogP contribution in [0, 0.1) is 12.7 Å². The lowest BCUT2D eigenvalue weighted by atomic mass is 9.88. The largest absolute Gasteiger partial charge is 0.326 e. The van der Waals surface area contributed by atoms with Crippen molar-refractivity contribution < 1.29 is 4.39 Å². The maximum atomic E-state index is 12.7. The third kappa shape index (κ3) is 5.18. The minimum Gasteiger partial charge on any atom is -0.326 e. The highest BCUT2D eigenvalue weighted by atomic mass is 19.1. The highest BCUT2D eigenvalue weighted by Gasteiger charge is 2.17. The number of H-pyrrole nitrogens is 1. The molecule has 1 N–H and O–H groups in total. The van der Waals surface area contributed by atoms with Crippen molar-refractivity contribution in [1.29, 1.82) is 0 Å². The van der Waals surface area contributed by atoms with Crippen LogP contribution in [0.5, 0.6) is 0 Å². The normalized spacial score (nSPS) is 11.2. The Balaban J connectivity index is 0.000000240. The minimum atomic E-state index is -0.403. The fourth-order valence-corrected chi connectivity index (χ4v) is 2.34. The first-order valence-corrected chi connectivity index (χ1v) is 7.99. The molecule has 4 nitrogen and oxygen atoms in total. The number of nitrogens with one attached hydrogen (secondary N) is 1. The number of hydrogen-bond acceptors (Lipinski definition) is 2. The van der Waals surface area contributed by atoms with Crippen LogP contribution in [0.25, 0.3) is 0 Å². The lowest BCUT2D eigenvalue weighted by Gasteiger charge is -2.16. The first-order valence-electron chi connectivity index (χ1n) is 7.99. The number of rotatable bonds is 1. The molecule has 0 unspecified atom stereocenters. The van der Waals surface area contributed by atoms with Crippen LogP contribution in [0.15, 0.2) is 34.1 Å². The summed E-state index contributed by atoms with van der Waals surface area (Å²) in [5.41, 5.74) is 2.11. The number of aryl methyl sites for hydroxylation is 2. The number of halogens is 1. The third-order valence-corrected chi connectivity index (χ3v) is 3.65. The monoisotopic (exact) mass is 334 g/mol. The first kappa shape index (κ1) is 19.9. The molecule has 0 aliphatic carbocycles. The highest BCUT2D eigenvalue weighted by molar-refractivity contribution is 5.20. The van der Waals surface area contributed by atoms with Gasteiger partial charge in [0.15, 0.2) is 0 Å². The van der Waals surface area contributed by atoms with Gasteiger partial charge in [0.25, 0.3) is 11.1 Å². The summed E-state index contributed by atoms with van der Waals surface area (Å²) in [5, 5.41) is 0. The molecule has 2 rings (SSSR count). The van der Waals surface area contributed by atoms with Crippen molar-refractivity contribution in [2.75, 3.05) is 0 Å². The molecule has 0 saturated heterocycles. The zero-order valence-electron chi connectivity index (χ0n) is 15.5. The zero-order chi connectivity index (χ0) is 18.7. The van der Waals surface area contributed by atoms with Crippen molar-refractivity contribution in [2.45, 2.75) is 52.9 Å². The summed E-state index contributed by atoms with van der Waals surface area (Å²) in [6.45, 7) is 11.7. The third-order valence-electron chi connectivity index (χ3n) is 3.65. The van der Waals surface area contributed by atoms with Crippen LogP contribution in [-0.4, -0.2) is 9.55 Å². The van der Waals surface area contributed by atoms with Crippen LogP contribution in [0.3, 0.4) is 0 Å². The molecule has 0 amide bonds. The van der Waals surface area contributed by atoms with Gasteiger partial charge in [-0.05, 0) is 36.0 Å². The second kappa shape index (κ2) is 7.60. The van der Waals surface area contributed by atoms with Crippen molar-refractivity contribution in [3.05, 3.63) is 67.7 Å². The van der Waals surface area contributed by atoms with Crippen molar-refractivity contribution in [1.82, 2.24) is 9.55 Å². The molecule has 5 heteroatoms. The summed E-state index contributed by atoms with van der Waals surface area (Å²) in [7, 11) is 1.79. The Bertz CT molecular complexity index is 811. The van der Waals surface area contributed by atoms with E-state index in [1.54, 1.807) is 11.6 Å². The summed E-state index contributed by atoms with van der Waals surface area (Å²) >= 11 is 0. The Morgan fingerprint density at radius 3 is 2.21 bits per heavy atom. The van der Waals surface area contributed by atoms with E-state index in [-0.39, 0.29) is 16.5 Å². The molecule has 24 heavy (non-hydrogen) atoms. The predicted molar refractivity (Wildman–Crippen MR) is 96.2 cm³/mol. The van der Waals surface area contributed by atoms with E-state index in [0.29, 0.717) is 11.5 Å². The van der Waals surface area contributed by atoms with Crippen LogP contribution in [0.2, 0.25) is 0 Å². The van der Waals surface area contributed by atoms with Gasteiger partial charge in [0, 0.05) is 30.6 Å². The molecule has 0 aromatic carbocycles. The van der Waals surface area contributed by atoms with Crippen molar-refractivity contribution in [3.8, 4) is 0 Å². The number of aromatic nitrogens is 2. The fourth-order valence-electron chi connectivity index (χ4n) is 2.34. The summed E-state index contributed by atoms with van der Waals surface area (Å²) in [4.78, 5) is 25.1. The topological polar surface area (TPSA) is 54.9 Å². The molecular weight excluding hydrogens is 307 g/mol. The Labute approximate surface area is 142 Å². The molecule has 0 radical (unpaired) electrons. The maximum Gasteiger partial charge on any atom is 0.253 e. The summed E-state index contributed by atoms with van der Waals surface area (Å²) in [5.74, 6) is -0.0943. The smallest absolute Gasteiger partial charge is 0.253 e. The lowest BCUT2D eigenvalue weighted by molar-refractivity contribution is 0.560. The van der Waals surface area contributed by atoms with Gasteiger partial charge in [-0.2, -0.15) is 0 Å². The van der Waals surface area contributed by atoms with Gasteiger partial charge in [-0.3, -0.25) is 9.59 Å². The van der Waals surface area contributed by atoms with Gasteiger partial charge in [0.1, 0.15) is 5.82 Å². The van der Waals surface area contributed by atoms with Crippen LogP contribution in [0.1, 0.15) is 57.2 Å². The average molecular weight is 334 g/mol. The van der Waals surface area contributed by atoms with Crippen LogP contribution in [0.4, 0.5) is 4.39 Å². The molecule has 0 fully saturated rings. The molecule has 0 atom stereocenters. The molecule has 0 bridgehead atoms. The molecule has 0 saturated carbocycles. The molecule has 0 aliphatic rings. The second-order valence-electron chi connectivity index (χ2n) is 7.35. The summed E-state index contributed by atoms with van der Waals surface area (Å²) < 4.78 is 14.4. The van der Waals surface area contributed by atoms with Gasteiger partial charge < -0.3 is 9.55 Å². The lowest BCUT2D eigenvalue weighted by Crippen LogP contribution is -2.24. The van der Waals surface area contributed by atoms with Crippen molar-refractivity contribution in [2.24, 2.45) is 7.05 Å². The molecule has 2 aromatic rings. The van der Waals surface area contributed by atoms with Gasteiger partial charge in [-0.25, -0.2) is 4.39 Å². The number of pyridine rings is 2. The van der Waals surface area contributed by atoms with Gasteiger partial charge in [0.05, 0.1) is 0 Å². The zero-order valence-corrected chi connectivity index (χ0v) is 15.5. The van der Waals surface area contributed by atoms with Crippen LogP contribution in [-0.2, 0) is 12.5 Å². The van der Waals surface area contributed by atoms with E-state index in [0.717, 1.165) is 17.3 Å². The molecule has 0 spiro atoms. The van der Waals surface area contributed by atoms with E-state index in [1.807, 2.05) is 53.8 Å². The van der Waals surface area contributed by atoms with Crippen molar-refractivity contribution in [3.63, 3.8) is 0 Å². The Hall–Kier alpha value is -2.17. The summed E-state index contributed by atoms with van der Waals surface area (Å²) in [6, 6.07) is 3.24. The molecule has 0 aliphatic heterocycles. The summed E-state index contributed by atoms with van der Waals surface area (Å²) in [6.07, 6.45) is 2.92. The number of hydrogen-bond donors (Lipinski definition) is 1. The van der Waals surface area contributed by atoms with Crippen molar-refractivity contribution >= 4 is 0 Å². The number of aromatic amines is 1. The number of nitrogens with zero attached hydrogens (tertiary/aromatic N) is 1. The Kier molecular flexibility index (Phi) is 6.29. The quantitative estimate of drug-likeness (QED) is 0.866. The van der Waals surface area contributed by atoms with E-state index < -0.39 is 5.82 Å². The standard InChI is InChI=1S/C10H15NO.C9H12FNO/c1-7(2)9-5-8(3)6-11(4)10(9)12;1-9(2,3)7-4-6(10)5-11-8(7)12/h5-7H,1-4H3;4-5H,1-3H3,(H,11,12). The van der Waals surface area contributed by atoms with Crippen LogP contribution >= 0.6 is 0 Å². The van der Waals surface area contributed by atoms with Crippen LogP contribution < -0.4 is 11.1 Å². The fraction of sp³-hybridized carbons (Fsp3) is 0.474. The van der Waals surface area contributed by atoms with E-state index in [4.69, 9.17) is 0 Å². The van der Waals surface area contributed by atoms with Gasteiger partial charge in [0.2, 0.25) is 0 Å². The SMILES string of the molecule is CC(C)(C)c1cc(F)c[nH]c1=O.Cc1cc(C(C)C)c(=O)n(C)c1. The highest BCUT2D eigenvalue weighted by Crippen LogP contribution is 2.18. The van der Waals surface area contributed by atoms with E-state index >= 15 is 0 Å². The second-order valence-corrected chi connectivity index (χ2v) is 7.35. The minimum absolute atomic E-state index is 0.121. The van der Waals surface area contributed by atoms with E-state index in [9.17, 15) is 14.0 Å². The van der Waals surface area contributed by atoms with E-state index in [2.05, 4.69) is 4.98 Å². The van der Waals surface area contributed by atoms with Gasteiger partial charge >= 0.3 is 0 Å². The van der Waals surface area contributed by atoms with Gasteiger partial charge in [-0.15, -0.1) is 0 Å². The molecule has 2 heterocycles. The Morgan fingerprint density at radius 2 is 1.75 bits per heavy atom. The molecular formula is C19H27FN2O2. The van der Waals surface area contributed by atoms with E-state index in [1.165, 1.54) is 6.07 Å². The predicted octanol–water partition coefficient (Wildman–Crippen LogP) is 3.63. The molecule has 2 aromatic heterocycles. The average Bonchev–Trinajstić information content (AvgIpc) is 2.44. The maximum absolute atomic E-state index is 12.7. The first-order chi connectivity index (χ1) is 10.9. The Morgan fingerprint density at radius 1 is 1.17 bits per heavy atom.